The zero-order chi connectivity index (χ0) is 24.9. The first kappa shape index (κ1) is 24.1. The molecule has 9 heteroatoms. The highest BCUT2D eigenvalue weighted by Gasteiger charge is 2.30. The van der Waals surface area contributed by atoms with Gasteiger partial charge in [0.2, 0.25) is 0 Å². The molecule has 2 fully saturated rings. The molecule has 1 aliphatic carbocycles. The maximum atomic E-state index is 10.8. The highest BCUT2D eigenvalue weighted by molar-refractivity contribution is 5.65. The second kappa shape index (κ2) is 11.0. The summed E-state index contributed by atoms with van der Waals surface area (Å²) < 4.78 is 24.4. The van der Waals surface area contributed by atoms with Crippen molar-refractivity contribution in [2.75, 3.05) is 6.61 Å². The Hall–Kier alpha value is -3.61. The summed E-state index contributed by atoms with van der Waals surface area (Å²) in [6.45, 7) is 3.27. The predicted octanol–water partition coefficient (Wildman–Crippen LogP) is 4.42. The van der Waals surface area contributed by atoms with Crippen molar-refractivity contribution in [3.8, 4) is 23.2 Å². The number of carbonyl (C=O) groups excluding carboxylic acids is 1. The summed E-state index contributed by atoms with van der Waals surface area (Å²) in [6.07, 6.45) is 7.07. The van der Waals surface area contributed by atoms with E-state index in [9.17, 15) is 4.79 Å². The first-order valence-electron chi connectivity index (χ1n) is 12.4. The topological polar surface area (TPSA) is 115 Å². The summed E-state index contributed by atoms with van der Waals surface area (Å²) in [6, 6.07) is 9.79. The number of aromatic nitrogens is 3. The second-order valence-electron chi connectivity index (χ2n) is 9.24. The molecule has 1 saturated carbocycles. The number of nitrogens with two attached hydrogens (primary N) is 1. The van der Waals surface area contributed by atoms with E-state index in [1.165, 1.54) is 0 Å². The summed E-state index contributed by atoms with van der Waals surface area (Å²) in [5.74, 6) is 8.15. The van der Waals surface area contributed by atoms with Crippen LogP contribution in [0.5, 0.6) is 0 Å². The van der Waals surface area contributed by atoms with Crippen LogP contribution < -0.4 is 5.73 Å². The number of ether oxygens (including phenoxy) is 3. The number of rotatable bonds is 7. The minimum absolute atomic E-state index is 0.107. The molecule has 1 amide bonds. The maximum Gasteiger partial charge on any atom is 0.404 e. The summed E-state index contributed by atoms with van der Waals surface area (Å²) in [4.78, 5) is 15.3. The van der Waals surface area contributed by atoms with E-state index in [1.807, 2.05) is 48.0 Å². The van der Waals surface area contributed by atoms with Crippen molar-refractivity contribution in [1.82, 2.24) is 14.7 Å². The van der Waals surface area contributed by atoms with Gasteiger partial charge in [-0.15, -0.1) is 0 Å². The number of nitrogens with zero attached hydrogens (tertiary/aromatic N) is 3. The van der Waals surface area contributed by atoms with Crippen molar-refractivity contribution < 1.29 is 23.5 Å². The molecule has 3 heterocycles. The average molecular weight is 491 g/mol. The molecule has 2 N–H and O–H groups in total. The highest BCUT2D eigenvalue weighted by atomic mass is 16.7. The van der Waals surface area contributed by atoms with E-state index in [2.05, 4.69) is 22.0 Å². The van der Waals surface area contributed by atoms with Gasteiger partial charge in [-0.05, 0) is 63.3 Å². The fourth-order valence-electron chi connectivity index (χ4n) is 4.46. The standard InChI is InChI=1S/C27H30N4O5/c1-18(34-25-4-2-3-13-33-25)26-29-11-12-31(26)17-22-16-24(36-30-22)21-9-7-19(8-10-21)5-6-20-14-23(15-20)35-27(28)32/h7-12,16,18,20,23,25H,2-4,13-15,17H2,1H3,(H2,28,32)/t18-,20?,23?,25-/m0/s1. The molecule has 9 nitrogen and oxygen atoms in total. The van der Waals surface area contributed by atoms with Crippen molar-refractivity contribution >= 4 is 6.09 Å². The quantitative estimate of drug-likeness (QED) is 0.488. The van der Waals surface area contributed by atoms with Crippen LogP contribution in [0.15, 0.2) is 47.2 Å². The lowest BCUT2D eigenvalue weighted by Gasteiger charge is -2.30. The fraction of sp³-hybridized carbons (Fsp3) is 0.444. The monoisotopic (exact) mass is 490 g/mol. The van der Waals surface area contributed by atoms with E-state index >= 15 is 0 Å². The minimum atomic E-state index is -0.726. The number of primary amides is 1. The lowest BCUT2D eigenvalue weighted by atomic mass is 9.82. The smallest absolute Gasteiger partial charge is 0.404 e. The van der Waals surface area contributed by atoms with Crippen LogP contribution in [-0.4, -0.2) is 39.8 Å². The number of hydrogen-bond acceptors (Lipinski definition) is 7. The van der Waals surface area contributed by atoms with Gasteiger partial charge in [-0.1, -0.05) is 17.0 Å². The third-order valence-electron chi connectivity index (χ3n) is 6.46. The summed E-state index contributed by atoms with van der Waals surface area (Å²) in [5, 5.41) is 4.25. The van der Waals surface area contributed by atoms with Gasteiger partial charge < -0.3 is 29.0 Å². The first-order chi connectivity index (χ1) is 17.5. The van der Waals surface area contributed by atoms with Gasteiger partial charge in [0.25, 0.3) is 0 Å². The molecule has 1 saturated heterocycles. The second-order valence-corrected chi connectivity index (χ2v) is 9.24. The van der Waals surface area contributed by atoms with Crippen LogP contribution in [-0.2, 0) is 20.8 Å². The van der Waals surface area contributed by atoms with E-state index in [0.29, 0.717) is 12.3 Å². The molecule has 1 aromatic carbocycles. The van der Waals surface area contributed by atoms with Crippen molar-refractivity contribution in [3.05, 3.63) is 59.8 Å². The summed E-state index contributed by atoms with van der Waals surface area (Å²) >= 11 is 0. The molecule has 0 spiro atoms. The van der Waals surface area contributed by atoms with Crippen molar-refractivity contribution in [2.45, 2.75) is 64.1 Å². The zero-order valence-corrected chi connectivity index (χ0v) is 20.3. The van der Waals surface area contributed by atoms with Crippen LogP contribution in [0.3, 0.4) is 0 Å². The lowest BCUT2D eigenvalue weighted by Crippen LogP contribution is -2.34. The Balaban J connectivity index is 1.17. The van der Waals surface area contributed by atoms with Gasteiger partial charge in [0.05, 0.1) is 6.54 Å². The minimum Gasteiger partial charge on any atom is -0.446 e. The zero-order valence-electron chi connectivity index (χ0n) is 20.3. The van der Waals surface area contributed by atoms with Crippen LogP contribution in [0.2, 0.25) is 0 Å². The third-order valence-corrected chi connectivity index (χ3v) is 6.46. The Kier molecular flexibility index (Phi) is 7.35. The molecule has 0 bridgehead atoms. The normalized spacial score (nSPS) is 22.2. The number of carbonyl (C=O) groups is 1. The van der Waals surface area contributed by atoms with Crippen molar-refractivity contribution in [1.29, 1.82) is 0 Å². The third kappa shape index (κ3) is 5.96. The maximum absolute atomic E-state index is 10.8. The lowest BCUT2D eigenvalue weighted by molar-refractivity contribution is -0.188. The number of imidazole rings is 1. The molecule has 36 heavy (non-hydrogen) atoms. The molecule has 3 aromatic rings. The van der Waals surface area contributed by atoms with Crippen LogP contribution in [0.1, 0.15) is 62.2 Å². The van der Waals surface area contributed by atoms with E-state index in [0.717, 1.165) is 61.4 Å². The molecular weight excluding hydrogens is 460 g/mol. The van der Waals surface area contributed by atoms with Crippen LogP contribution in [0, 0.1) is 17.8 Å². The van der Waals surface area contributed by atoms with Gasteiger partial charge in [0.1, 0.15) is 23.7 Å². The SMILES string of the molecule is C[C@H](O[C@H]1CCCCO1)c1nccn1Cc1cc(-c2ccc(C#CC3CC(OC(N)=O)C3)cc2)on1. The van der Waals surface area contributed by atoms with Crippen molar-refractivity contribution in [3.63, 3.8) is 0 Å². The Morgan fingerprint density at radius 2 is 2.11 bits per heavy atom. The van der Waals surface area contributed by atoms with E-state index in [4.69, 9.17) is 24.5 Å². The van der Waals surface area contributed by atoms with Gasteiger partial charge in [-0.2, -0.15) is 0 Å². The number of benzene rings is 1. The van der Waals surface area contributed by atoms with Gasteiger partial charge in [0.15, 0.2) is 12.1 Å². The summed E-state index contributed by atoms with van der Waals surface area (Å²) in [7, 11) is 0. The summed E-state index contributed by atoms with van der Waals surface area (Å²) in [5.41, 5.74) is 7.68. The number of hydrogen-bond donors (Lipinski definition) is 1. The fourth-order valence-corrected chi connectivity index (χ4v) is 4.46. The molecule has 0 radical (unpaired) electrons. The Morgan fingerprint density at radius 1 is 1.28 bits per heavy atom. The van der Waals surface area contributed by atoms with E-state index in [-0.39, 0.29) is 24.4 Å². The van der Waals surface area contributed by atoms with Crippen molar-refractivity contribution in [2.24, 2.45) is 11.7 Å². The van der Waals surface area contributed by atoms with Gasteiger partial charge in [-0.3, -0.25) is 0 Å². The van der Waals surface area contributed by atoms with Crippen LogP contribution in [0.4, 0.5) is 4.79 Å². The molecule has 2 aliphatic rings. The van der Waals surface area contributed by atoms with Crippen LogP contribution in [0.25, 0.3) is 11.3 Å². The van der Waals surface area contributed by atoms with E-state index in [1.54, 1.807) is 6.20 Å². The van der Waals surface area contributed by atoms with Gasteiger partial charge in [-0.25, -0.2) is 9.78 Å². The molecule has 1 aliphatic heterocycles. The molecule has 188 valence electrons. The molecule has 2 atom stereocenters. The molecule has 0 unspecified atom stereocenters. The van der Waals surface area contributed by atoms with Crippen LogP contribution >= 0.6 is 0 Å². The predicted molar refractivity (Wildman–Crippen MR) is 130 cm³/mol. The molecule has 2 aromatic heterocycles. The Morgan fingerprint density at radius 3 is 2.86 bits per heavy atom. The molecular formula is C27H30N4O5. The molecule has 5 rings (SSSR count). The first-order valence-corrected chi connectivity index (χ1v) is 12.4. The van der Waals surface area contributed by atoms with Gasteiger partial charge in [0, 0.05) is 42.1 Å². The largest absolute Gasteiger partial charge is 0.446 e. The average Bonchev–Trinajstić information content (AvgIpc) is 3.51. The highest BCUT2D eigenvalue weighted by Crippen LogP contribution is 2.29. The Labute approximate surface area is 209 Å². The van der Waals surface area contributed by atoms with E-state index < -0.39 is 6.09 Å². The van der Waals surface area contributed by atoms with Gasteiger partial charge >= 0.3 is 6.09 Å². The number of amides is 1. The Bertz CT molecular complexity index is 1230.